The van der Waals surface area contributed by atoms with Crippen LogP contribution in [0.1, 0.15) is 74.6 Å². The number of hydrogen-bond donors (Lipinski definition) is 0. The molecule has 0 heterocycles. The van der Waals surface area contributed by atoms with Crippen molar-refractivity contribution in [3.05, 3.63) is 29.8 Å². The third kappa shape index (κ3) is 5.31. The Morgan fingerprint density at radius 1 is 0.857 bits per heavy atom. The van der Waals surface area contributed by atoms with Crippen molar-refractivity contribution < 1.29 is 9.59 Å². The van der Waals surface area contributed by atoms with E-state index in [1.165, 1.54) is 50.3 Å². The molecule has 2 fully saturated rings. The van der Waals surface area contributed by atoms with Crippen molar-refractivity contribution in [1.29, 1.82) is 0 Å². The highest BCUT2D eigenvalue weighted by atomic mass is 32.2. The molecule has 0 bridgehead atoms. The van der Waals surface area contributed by atoms with Crippen molar-refractivity contribution in [2.75, 3.05) is 19.8 Å². The smallest absolute Gasteiger partial charge is 0.254 e. The predicted molar refractivity (Wildman–Crippen MR) is 116 cm³/mol. The Kier molecular flexibility index (Phi) is 7.83. The minimum atomic E-state index is 0.0862. The van der Waals surface area contributed by atoms with Gasteiger partial charge in [0, 0.05) is 31.1 Å². The van der Waals surface area contributed by atoms with Gasteiger partial charge in [0.15, 0.2) is 0 Å². The van der Waals surface area contributed by atoms with Crippen LogP contribution in [0.3, 0.4) is 0 Å². The molecule has 0 aromatic heterocycles. The first-order chi connectivity index (χ1) is 13.6. The van der Waals surface area contributed by atoms with Crippen LogP contribution in [-0.4, -0.2) is 53.5 Å². The van der Waals surface area contributed by atoms with Crippen molar-refractivity contribution in [3.8, 4) is 0 Å². The van der Waals surface area contributed by atoms with Crippen LogP contribution in [0.25, 0.3) is 0 Å². The van der Waals surface area contributed by atoms with E-state index >= 15 is 0 Å². The van der Waals surface area contributed by atoms with E-state index in [1.54, 1.807) is 0 Å². The van der Waals surface area contributed by atoms with Crippen molar-refractivity contribution in [2.45, 2.75) is 81.2 Å². The summed E-state index contributed by atoms with van der Waals surface area (Å²) < 4.78 is 0. The maximum absolute atomic E-state index is 13.1. The Labute approximate surface area is 174 Å². The summed E-state index contributed by atoms with van der Waals surface area (Å²) in [6.45, 7) is 0. The number of nitrogens with zero attached hydrogens (tertiary/aromatic N) is 2. The number of amides is 2. The molecule has 1 aromatic carbocycles. The molecular weight excluding hydrogens is 368 g/mol. The Morgan fingerprint density at radius 3 is 2.00 bits per heavy atom. The summed E-state index contributed by atoms with van der Waals surface area (Å²) in [4.78, 5) is 30.6. The summed E-state index contributed by atoms with van der Waals surface area (Å²) in [7, 11) is 3.87. The highest BCUT2D eigenvalue weighted by molar-refractivity contribution is 8.00. The molecule has 154 valence electrons. The molecule has 2 aliphatic carbocycles. The molecule has 4 nitrogen and oxygen atoms in total. The van der Waals surface area contributed by atoms with Crippen LogP contribution in [0.2, 0.25) is 0 Å². The maximum Gasteiger partial charge on any atom is 0.254 e. The normalized spacial score (nSPS) is 18.6. The second-order valence-corrected chi connectivity index (χ2v) is 9.31. The van der Waals surface area contributed by atoms with E-state index in [1.807, 2.05) is 48.2 Å². The van der Waals surface area contributed by atoms with Crippen molar-refractivity contribution >= 4 is 23.6 Å². The lowest BCUT2D eigenvalue weighted by Gasteiger charge is -2.32. The van der Waals surface area contributed by atoms with Gasteiger partial charge in [0.25, 0.3) is 5.91 Å². The molecule has 0 unspecified atom stereocenters. The quantitative estimate of drug-likeness (QED) is 0.631. The number of thioether (sulfide) groups is 1. The molecule has 1 aromatic rings. The fourth-order valence-corrected chi connectivity index (χ4v) is 5.47. The van der Waals surface area contributed by atoms with E-state index in [4.69, 9.17) is 0 Å². The zero-order valence-corrected chi connectivity index (χ0v) is 18.2. The van der Waals surface area contributed by atoms with Crippen LogP contribution >= 0.6 is 11.8 Å². The summed E-state index contributed by atoms with van der Waals surface area (Å²) in [6, 6.07) is 8.48. The molecule has 0 atom stereocenters. The molecule has 2 saturated carbocycles. The van der Waals surface area contributed by atoms with Crippen molar-refractivity contribution in [3.63, 3.8) is 0 Å². The van der Waals surface area contributed by atoms with Gasteiger partial charge >= 0.3 is 0 Å². The average Bonchev–Trinajstić information content (AvgIpc) is 2.77. The minimum Gasteiger partial charge on any atom is -0.342 e. The van der Waals surface area contributed by atoms with E-state index in [2.05, 4.69) is 0 Å². The van der Waals surface area contributed by atoms with Gasteiger partial charge in [-0.3, -0.25) is 9.59 Å². The SMILES string of the molecule is CN(C(=O)CSc1ccccc1C(=O)N(C)C1CCCCC1)C1CCCCC1. The zero-order valence-electron chi connectivity index (χ0n) is 17.4. The fourth-order valence-electron chi connectivity index (χ4n) is 4.51. The van der Waals surface area contributed by atoms with E-state index < -0.39 is 0 Å². The lowest BCUT2D eigenvalue weighted by atomic mass is 9.94. The Morgan fingerprint density at radius 2 is 1.39 bits per heavy atom. The summed E-state index contributed by atoms with van der Waals surface area (Å²) >= 11 is 1.50. The van der Waals surface area contributed by atoms with Crippen LogP contribution in [0, 0.1) is 0 Å². The van der Waals surface area contributed by atoms with E-state index in [0.29, 0.717) is 17.8 Å². The second-order valence-electron chi connectivity index (χ2n) is 8.29. The molecule has 2 aliphatic rings. The van der Waals surface area contributed by atoms with Crippen LogP contribution < -0.4 is 0 Å². The molecule has 5 heteroatoms. The van der Waals surface area contributed by atoms with Gasteiger partial charge in [-0.2, -0.15) is 0 Å². The molecule has 28 heavy (non-hydrogen) atoms. The van der Waals surface area contributed by atoms with Gasteiger partial charge in [-0.05, 0) is 37.8 Å². The number of benzene rings is 1. The van der Waals surface area contributed by atoms with Crippen LogP contribution in [0.15, 0.2) is 29.2 Å². The number of carbonyl (C=O) groups excluding carboxylic acids is 2. The third-order valence-corrected chi connectivity index (χ3v) is 7.49. The van der Waals surface area contributed by atoms with Crippen LogP contribution in [0.4, 0.5) is 0 Å². The van der Waals surface area contributed by atoms with Gasteiger partial charge in [-0.1, -0.05) is 50.7 Å². The first-order valence-electron chi connectivity index (χ1n) is 10.8. The largest absolute Gasteiger partial charge is 0.342 e. The third-order valence-electron chi connectivity index (χ3n) is 6.43. The molecular formula is C23H34N2O2S. The highest BCUT2D eigenvalue weighted by Gasteiger charge is 2.26. The van der Waals surface area contributed by atoms with Crippen molar-refractivity contribution in [2.24, 2.45) is 0 Å². The van der Waals surface area contributed by atoms with E-state index in [0.717, 1.165) is 36.1 Å². The average molecular weight is 403 g/mol. The van der Waals surface area contributed by atoms with Gasteiger partial charge in [0.2, 0.25) is 5.91 Å². The maximum atomic E-state index is 13.1. The molecule has 0 N–H and O–H groups in total. The highest BCUT2D eigenvalue weighted by Crippen LogP contribution is 2.28. The van der Waals surface area contributed by atoms with Gasteiger partial charge in [-0.25, -0.2) is 0 Å². The van der Waals surface area contributed by atoms with Gasteiger partial charge in [-0.15, -0.1) is 11.8 Å². The molecule has 0 aliphatic heterocycles. The summed E-state index contributed by atoms with van der Waals surface area (Å²) in [6.07, 6.45) is 11.9. The van der Waals surface area contributed by atoms with Crippen LogP contribution in [-0.2, 0) is 4.79 Å². The van der Waals surface area contributed by atoms with E-state index in [9.17, 15) is 9.59 Å². The molecule has 0 spiro atoms. The van der Waals surface area contributed by atoms with Crippen molar-refractivity contribution in [1.82, 2.24) is 9.80 Å². The Bertz CT molecular complexity index is 666. The monoisotopic (exact) mass is 402 g/mol. The standard InChI is InChI=1S/C23H34N2O2S/c1-24(18-11-5-3-6-12-18)22(26)17-28-21-16-10-9-15-20(21)23(27)25(2)19-13-7-4-8-14-19/h9-10,15-16,18-19H,3-8,11-14,17H2,1-2H3. The fraction of sp³-hybridized carbons (Fsp3) is 0.652. The first-order valence-corrected chi connectivity index (χ1v) is 11.8. The van der Waals surface area contributed by atoms with Gasteiger partial charge in [0.05, 0.1) is 11.3 Å². The second kappa shape index (κ2) is 10.3. The molecule has 2 amide bonds. The number of hydrogen-bond acceptors (Lipinski definition) is 3. The molecule has 3 rings (SSSR count). The van der Waals surface area contributed by atoms with Gasteiger partial charge in [0.1, 0.15) is 0 Å². The first kappa shape index (κ1) is 21.2. The summed E-state index contributed by atoms with van der Waals surface area (Å²) in [5.74, 6) is 0.646. The topological polar surface area (TPSA) is 40.6 Å². The number of carbonyl (C=O) groups is 2. The molecule has 0 radical (unpaired) electrons. The Balaban J connectivity index is 1.61. The predicted octanol–water partition coefficient (Wildman–Crippen LogP) is 4.97. The van der Waals surface area contributed by atoms with E-state index in [-0.39, 0.29) is 11.8 Å². The number of rotatable bonds is 6. The lowest BCUT2D eigenvalue weighted by Crippen LogP contribution is -2.39. The van der Waals surface area contributed by atoms with Crippen LogP contribution in [0.5, 0.6) is 0 Å². The Hall–Kier alpha value is -1.49. The molecule has 0 saturated heterocycles. The summed E-state index contributed by atoms with van der Waals surface area (Å²) in [5.41, 5.74) is 0.730. The zero-order chi connectivity index (χ0) is 19.9. The summed E-state index contributed by atoms with van der Waals surface area (Å²) in [5, 5.41) is 0. The minimum absolute atomic E-state index is 0.0862. The lowest BCUT2D eigenvalue weighted by molar-refractivity contribution is -0.129. The van der Waals surface area contributed by atoms with Gasteiger partial charge < -0.3 is 9.80 Å².